The summed E-state index contributed by atoms with van der Waals surface area (Å²) in [6.07, 6.45) is 8.67. The lowest BCUT2D eigenvalue weighted by atomic mass is 9.93. The molecule has 1 heterocycles. The lowest BCUT2D eigenvalue weighted by molar-refractivity contribution is -0.197. The second-order valence-corrected chi connectivity index (χ2v) is 6.98. The van der Waals surface area contributed by atoms with E-state index in [-0.39, 0.29) is 25.7 Å². The highest BCUT2D eigenvalue weighted by atomic mass is 19.1. The predicted molar refractivity (Wildman–Crippen MR) is 94.7 cm³/mol. The quantitative estimate of drug-likeness (QED) is 0.396. The van der Waals surface area contributed by atoms with Gasteiger partial charge in [-0.3, -0.25) is 14.4 Å². The summed E-state index contributed by atoms with van der Waals surface area (Å²) in [5.74, 6) is -2.24. The van der Waals surface area contributed by atoms with E-state index in [1.54, 1.807) is 6.08 Å². The fraction of sp³-hybridized carbons (Fsp3) is 0.684. The minimum absolute atomic E-state index is 0.0665. The van der Waals surface area contributed by atoms with Gasteiger partial charge in [-0.05, 0) is 44.6 Å². The van der Waals surface area contributed by atoms with Crippen LogP contribution in [0, 0.1) is 0 Å². The van der Waals surface area contributed by atoms with E-state index in [1.165, 1.54) is 6.08 Å². The summed E-state index contributed by atoms with van der Waals surface area (Å²) in [6.45, 7) is 0.330. The number of carbonyl (C=O) groups excluding carboxylic acids is 4. The fourth-order valence-electron chi connectivity index (χ4n) is 3.09. The van der Waals surface area contributed by atoms with Crippen molar-refractivity contribution in [2.75, 3.05) is 6.54 Å². The number of unbranched alkanes of at least 4 members (excludes halogenated alkanes) is 2. The van der Waals surface area contributed by atoms with Crippen molar-refractivity contribution >= 4 is 23.7 Å². The van der Waals surface area contributed by atoms with Crippen LogP contribution >= 0.6 is 0 Å². The molecule has 2 rings (SSSR count). The summed E-state index contributed by atoms with van der Waals surface area (Å²) >= 11 is 0. The second-order valence-electron chi connectivity index (χ2n) is 6.98. The van der Waals surface area contributed by atoms with Crippen LogP contribution in [0.3, 0.4) is 0 Å². The van der Waals surface area contributed by atoms with Crippen LogP contribution in [-0.2, 0) is 24.0 Å². The van der Waals surface area contributed by atoms with E-state index >= 15 is 0 Å². The number of amides is 3. The van der Waals surface area contributed by atoms with Gasteiger partial charge in [-0.25, -0.2) is 9.18 Å². The molecule has 0 aromatic rings. The van der Waals surface area contributed by atoms with Crippen molar-refractivity contribution in [2.24, 2.45) is 0 Å². The van der Waals surface area contributed by atoms with Gasteiger partial charge in [-0.2, -0.15) is 0 Å². The highest BCUT2D eigenvalue weighted by Crippen LogP contribution is 2.25. The van der Waals surface area contributed by atoms with Crippen LogP contribution in [-0.4, -0.2) is 41.0 Å². The first kappa shape index (κ1) is 21.1. The van der Waals surface area contributed by atoms with E-state index in [2.05, 4.69) is 5.32 Å². The number of hydrogen-bond donors (Lipinski definition) is 1. The molecular formula is C19H27FN2O5. The molecule has 1 atom stereocenters. The molecule has 7 nitrogen and oxygen atoms in total. The normalized spacial score (nSPS) is 24.3. The number of hydrogen-bond acceptors (Lipinski definition) is 5. The molecule has 0 bridgehead atoms. The molecule has 1 aliphatic heterocycles. The Bertz CT molecular complexity index is 591. The SMILES string of the molecule is O=C(CCCCCNC(=O)C1(F)/C=C\CCCCC1)ON1C(=O)CCC1=O. The van der Waals surface area contributed by atoms with Crippen molar-refractivity contribution in [3.8, 4) is 0 Å². The maximum atomic E-state index is 14.7. The summed E-state index contributed by atoms with van der Waals surface area (Å²) < 4.78 is 14.7. The summed E-state index contributed by atoms with van der Waals surface area (Å²) in [4.78, 5) is 51.2. The van der Waals surface area contributed by atoms with Crippen LogP contribution < -0.4 is 5.32 Å². The van der Waals surface area contributed by atoms with E-state index < -0.39 is 29.4 Å². The first-order chi connectivity index (χ1) is 12.9. The Hall–Kier alpha value is -2.25. The van der Waals surface area contributed by atoms with Crippen molar-refractivity contribution in [2.45, 2.75) is 76.3 Å². The first-order valence-corrected chi connectivity index (χ1v) is 9.64. The molecule has 3 amide bonds. The molecule has 1 saturated heterocycles. The minimum atomic E-state index is -1.93. The van der Waals surface area contributed by atoms with Gasteiger partial charge in [0, 0.05) is 25.8 Å². The second kappa shape index (κ2) is 10.2. The minimum Gasteiger partial charge on any atom is -0.353 e. The lowest BCUT2D eigenvalue weighted by Gasteiger charge is -2.22. The van der Waals surface area contributed by atoms with Gasteiger partial charge in [0.1, 0.15) is 0 Å². The highest BCUT2D eigenvalue weighted by Gasteiger charge is 2.35. The van der Waals surface area contributed by atoms with Crippen molar-refractivity contribution in [3.63, 3.8) is 0 Å². The molecule has 1 fully saturated rings. The van der Waals surface area contributed by atoms with Crippen molar-refractivity contribution in [1.82, 2.24) is 10.4 Å². The third kappa shape index (κ3) is 6.45. The zero-order valence-corrected chi connectivity index (χ0v) is 15.5. The molecule has 150 valence electrons. The maximum absolute atomic E-state index is 14.7. The van der Waals surface area contributed by atoms with Crippen molar-refractivity contribution < 1.29 is 28.4 Å². The molecule has 0 spiro atoms. The van der Waals surface area contributed by atoms with E-state index in [0.29, 0.717) is 37.3 Å². The smallest absolute Gasteiger partial charge is 0.333 e. The Balaban J connectivity index is 1.59. The molecule has 1 N–H and O–H groups in total. The highest BCUT2D eigenvalue weighted by molar-refractivity contribution is 6.01. The number of allylic oxidation sites excluding steroid dienone is 1. The van der Waals surface area contributed by atoms with Crippen LogP contribution in [0.25, 0.3) is 0 Å². The van der Waals surface area contributed by atoms with Gasteiger partial charge in [0.15, 0.2) is 0 Å². The Morgan fingerprint density at radius 1 is 1.11 bits per heavy atom. The van der Waals surface area contributed by atoms with Gasteiger partial charge in [0.2, 0.25) is 5.67 Å². The summed E-state index contributed by atoms with van der Waals surface area (Å²) in [5.41, 5.74) is -1.93. The van der Waals surface area contributed by atoms with Crippen LogP contribution in [0.4, 0.5) is 4.39 Å². The van der Waals surface area contributed by atoms with Crippen LogP contribution in [0.2, 0.25) is 0 Å². The van der Waals surface area contributed by atoms with Crippen LogP contribution in [0.5, 0.6) is 0 Å². The summed E-state index contributed by atoms with van der Waals surface area (Å²) in [7, 11) is 0. The number of rotatable bonds is 8. The average molecular weight is 382 g/mol. The molecule has 0 radical (unpaired) electrons. The first-order valence-electron chi connectivity index (χ1n) is 9.64. The number of imide groups is 1. The molecule has 0 aromatic heterocycles. The van der Waals surface area contributed by atoms with Gasteiger partial charge in [-0.15, -0.1) is 5.06 Å². The van der Waals surface area contributed by atoms with Gasteiger partial charge >= 0.3 is 5.97 Å². The molecular weight excluding hydrogens is 355 g/mol. The van der Waals surface area contributed by atoms with E-state index in [4.69, 9.17) is 4.84 Å². The van der Waals surface area contributed by atoms with Crippen molar-refractivity contribution in [1.29, 1.82) is 0 Å². The maximum Gasteiger partial charge on any atom is 0.333 e. The Morgan fingerprint density at radius 2 is 1.85 bits per heavy atom. The van der Waals surface area contributed by atoms with E-state index in [9.17, 15) is 23.6 Å². The molecule has 1 unspecified atom stereocenters. The van der Waals surface area contributed by atoms with E-state index in [0.717, 1.165) is 19.3 Å². The Morgan fingerprint density at radius 3 is 2.59 bits per heavy atom. The number of hydroxylamine groups is 2. The van der Waals surface area contributed by atoms with Gasteiger partial charge < -0.3 is 10.2 Å². The van der Waals surface area contributed by atoms with Crippen LogP contribution in [0.15, 0.2) is 12.2 Å². The molecule has 1 aliphatic carbocycles. The Labute approximate surface area is 158 Å². The van der Waals surface area contributed by atoms with Gasteiger partial charge in [-0.1, -0.05) is 18.9 Å². The van der Waals surface area contributed by atoms with Crippen molar-refractivity contribution in [3.05, 3.63) is 12.2 Å². The van der Waals surface area contributed by atoms with Gasteiger partial charge in [0.05, 0.1) is 0 Å². The predicted octanol–water partition coefficient (Wildman–Crippen LogP) is 2.50. The third-order valence-corrected chi connectivity index (χ3v) is 4.71. The third-order valence-electron chi connectivity index (χ3n) is 4.71. The molecule has 0 aromatic carbocycles. The number of nitrogens with one attached hydrogen (secondary N) is 1. The zero-order chi connectivity index (χ0) is 19.7. The number of carbonyl (C=O) groups is 4. The largest absolute Gasteiger partial charge is 0.353 e. The number of nitrogens with zero attached hydrogens (tertiary/aromatic N) is 1. The standard InChI is InChI=1S/C19H27FN2O5/c20-19(12-6-2-1-3-7-13-19)18(26)21-14-8-4-5-9-17(25)27-22-15(23)10-11-16(22)24/h6,12H,1-5,7-11,13-14H2,(H,21,26)/b12-6-. The lowest BCUT2D eigenvalue weighted by Crippen LogP contribution is -2.42. The number of halogens is 1. The number of alkyl halides is 1. The molecule has 2 aliphatic rings. The monoisotopic (exact) mass is 382 g/mol. The molecule has 8 heteroatoms. The Kier molecular flexibility index (Phi) is 7.94. The van der Waals surface area contributed by atoms with E-state index in [1.807, 2.05) is 0 Å². The van der Waals surface area contributed by atoms with Crippen LogP contribution in [0.1, 0.15) is 70.6 Å². The summed E-state index contributed by atoms with van der Waals surface area (Å²) in [6, 6.07) is 0. The average Bonchev–Trinajstić information content (AvgIpc) is 2.93. The topological polar surface area (TPSA) is 92.8 Å². The molecule has 0 saturated carbocycles. The fourth-order valence-corrected chi connectivity index (χ4v) is 3.09. The van der Waals surface area contributed by atoms with Gasteiger partial charge in [0.25, 0.3) is 17.7 Å². The summed E-state index contributed by atoms with van der Waals surface area (Å²) in [5, 5.41) is 3.15. The zero-order valence-electron chi connectivity index (χ0n) is 15.5. The molecule has 27 heavy (non-hydrogen) atoms.